The van der Waals surface area contributed by atoms with Gasteiger partial charge in [0.25, 0.3) is 5.91 Å². The standard InChI is InChI=1S/C15H14F2N2O2/c16-11-5-10(6-12(17)7-11)15(21)19-8-14(20)9-1-3-13(18)4-2-9/h1-7,14,20H,8,18H2,(H,19,21). The SMILES string of the molecule is Nc1ccc(C(O)CNC(=O)c2cc(F)cc(F)c2)cc1. The molecule has 4 nitrogen and oxygen atoms in total. The highest BCUT2D eigenvalue weighted by Gasteiger charge is 2.12. The van der Waals surface area contributed by atoms with Gasteiger partial charge < -0.3 is 16.2 Å². The van der Waals surface area contributed by atoms with Gasteiger partial charge in [0.2, 0.25) is 0 Å². The highest BCUT2D eigenvalue weighted by Crippen LogP contribution is 2.14. The van der Waals surface area contributed by atoms with Gasteiger partial charge in [0.1, 0.15) is 11.6 Å². The van der Waals surface area contributed by atoms with E-state index in [1.165, 1.54) is 0 Å². The van der Waals surface area contributed by atoms with Crippen LogP contribution in [0.15, 0.2) is 42.5 Å². The van der Waals surface area contributed by atoms with Crippen LogP contribution in [0.4, 0.5) is 14.5 Å². The van der Waals surface area contributed by atoms with E-state index in [4.69, 9.17) is 5.73 Å². The number of nitrogens with one attached hydrogen (secondary N) is 1. The molecule has 2 aromatic rings. The predicted molar refractivity (Wildman–Crippen MR) is 74.5 cm³/mol. The molecule has 4 N–H and O–H groups in total. The van der Waals surface area contributed by atoms with Crippen LogP contribution in [0, 0.1) is 11.6 Å². The summed E-state index contributed by atoms with van der Waals surface area (Å²) in [5, 5.41) is 12.3. The Labute approximate surface area is 120 Å². The molecular formula is C15H14F2N2O2. The van der Waals surface area contributed by atoms with Gasteiger partial charge in [-0.3, -0.25) is 4.79 Å². The van der Waals surface area contributed by atoms with E-state index in [9.17, 15) is 18.7 Å². The number of halogens is 2. The summed E-state index contributed by atoms with van der Waals surface area (Å²) >= 11 is 0. The summed E-state index contributed by atoms with van der Waals surface area (Å²) in [5.74, 6) is -2.33. The molecule has 0 saturated heterocycles. The quantitative estimate of drug-likeness (QED) is 0.755. The van der Waals surface area contributed by atoms with E-state index in [1.54, 1.807) is 24.3 Å². The molecule has 1 amide bonds. The van der Waals surface area contributed by atoms with Crippen molar-refractivity contribution in [1.29, 1.82) is 0 Å². The molecule has 0 aromatic heterocycles. The summed E-state index contributed by atoms with van der Waals surface area (Å²) in [6.45, 7) is -0.0825. The number of hydrogen-bond donors (Lipinski definition) is 3. The molecule has 1 atom stereocenters. The number of aliphatic hydroxyl groups is 1. The zero-order valence-corrected chi connectivity index (χ0v) is 11.0. The van der Waals surface area contributed by atoms with Crippen molar-refractivity contribution in [3.8, 4) is 0 Å². The number of aliphatic hydroxyl groups excluding tert-OH is 1. The Morgan fingerprint density at radius 3 is 2.29 bits per heavy atom. The van der Waals surface area contributed by atoms with Gasteiger partial charge in [-0.1, -0.05) is 12.1 Å². The molecule has 0 aliphatic rings. The van der Waals surface area contributed by atoms with Crippen molar-refractivity contribution in [3.05, 3.63) is 65.2 Å². The predicted octanol–water partition coefficient (Wildman–Crippen LogP) is 2.01. The van der Waals surface area contributed by atoms with Crippen molar-refractivity contribution < 1.29 is 18.7 Å². The van der Waals surface area contributed by atoms with Gasteiger partial charge in [-0.15, -0.1) is 0 Å². The van der Waals surface area contributed by atoms with Crippen molar-refractivity contribution in [2.24, 2.45) is 0 Å². The molecule has 0 aliphatic carbocycles. The highest BCUT2D eigenvalue weighted by molar-refractivity contribution is 5.94. The highest BCUT2D eigenvalue weighted by atomic mass is 19.1. The Hall–Kier alpha value is -2.47. The van der Waals surface area contributed by atoms with Gasteiger partial charge in [0.05, 0.1) is 6.10 Å². The van der Waals surface area contributed by atoms with Crippen LogP contribution in [0.1, 0.15) is 22.0 Å². The van der Waals surface area contributed by atoms with E-state index in [2.05, 4.69) is 5.32 Å². The molecular weight excluding hydrogens is 278 g/mol. The summed E-state index contributed by atoms with van der Waals surface area (Å²) in [7, 11) is 0. The minimum atomic E-state index is -0.937. The second-order valence-corrected chi connectivity index (χ2v) is 4.55. The lowest BCUT2D eigenvalue weighted by Crippen LogP contribution is -2.28. The fourth-order valence-corrected chi connectivity index (χ4v) is 1.81. The maximum Gasteiger partial charge on any atom is 0.251 e. The lowest BCUT2D eigenvalue weighted by Gasteiger charge is -2.12. The minimum absolute atomic E-state index is 0.0825. The molecule has 2 aromatic carbocycles. The number of hydrogen-bond acceptors (Lipinski definition) is 3. The molecule has 0 fully saturated rings. The summed E-state index contributed by atoms with van der Waals surface area (Å²) in [6, 6.07) is 9.05. The second kappa shape index (κ2) is 6.32. The summed E-state index contributed by atoms with van der Waals surface area (Å²) in [6.07, 6.45) is -0.937. The second-order valence-electron chi connectivity index (χ2n) is 4.55. The number of anilines is 1. The number of nitrogen functional groups attached to an aromatic ring is 1. The normalized spacial score (nSPS) is 12.0. The first kappa shape index (κ1) is 14.9. The molecule has 0 spiro atoms. The molecule has 0 saturated carbocycles. The van der Waals surface area contributed by atoms with Crippen LogP contribution in [0.3, 0.4) is 0 Å². The van der Waals surface area contributed by atoms with E-state index < -0.39 is 23.6 Å². The van der Waals surface area contributed by atoms with Gasteiger partial charge in [-0.05, 0) is 29.8 Å². The van der Waals surface area contributed by atoms with E-state index in [-0.39, 0.29) is 12.1 Å². The van der Waals surface area contributed by atoms with Crippen molar-refractivity contribution in [1.82, 2.24) is 5.32 Å². The van der Waals surface area contributed by atoms with Gasteiger partial charge >= 0.3 is 0 Å². The molecule has 6 heteroatoms. The molecule has 1 unspecified atom stereocenters. The molecule has 21 heavy (non-hydrogen) atoms. The Morgan fingerprint density at radius 2 is 1.71 bits per heavy atom. The van der Waals surface area contributed by atoms with Crippen LogP contribution in [-0.4, -0.2) is 17.6 Å². The maximum atomic E-state index is 13.0. The minimum Gasteiger partial charge on any atom is -0.399 e. The number of rotatable bonds is 4. The average molecular weight is 292 g/mol. The number of amides is 1. The molecule has 0 aliphatic heterocycles. The Morgan fingerprint density at radius 1 is 1.14 bits per heavy atom. The molecule has 110 valence electrons. The number of nitrogens with two attached hydrogens (primary N) is 1. The maximum absolute atomic E-state index is 13.0. The number of benzene rings is 2. The summed E-state index contributed by atoms with van der Waals surface area (Å²) in [5.41, 5.74) is 6.53. The zero-order valence-electron chi connectivity index (χ0n) is 11.0. The first-order valence-corrected chi connectivity index (χ1v) is 6.23. The third-order valence-corrected chi connectivity index (χ3v) is 2.90. The van der Waals surface area contributed by atoms with Crippen LogP contribution in [0.25, 0.3) is 0 Å². The first-order valence-electron chi connectivity index (χ1n) is 6.23. The lowest BCUT2D eigenvalue weighted by molar-refractivity contribution is 0.0915. The third kappa shape index (κ3) is 4.00. The van der Waals surface area contributed by atoms with Gasteiger partial charge in [0.15, 0.2) is 0 Å². The van der Waals surface area contributed by atoms with Crippen molar-refractivity contribution in [2.75, 3.05) is 12.3 Å². The third-order valence-electron chi connectivity index (χ3n) is 2.90. The summed E-state index contributed by atoms with van der Waals surface area (Å²) in [4.78, 5) is 11.8. The molecule has 0 bridgehead atoms. The van der Waals surface area contributed by atoms with Gasteiger partial charge in [-0.2, -0.15) is 0 Å². The topological polar surface area (TPSA) is 75.3 Å². The van der Waals surface area contributed by atoms with E-state index in [0.717, 1.165) is 12.1 Å². The number of carbonyl (C=O) groups excluding carboxylic acids is 1. The fraction of sp³-hybridized carbons (Fsp3) is 0.133. The lowest BCUT2D eigenvalue weighted by atomic mass is 10.1. The fourth-order valence-electron chi connectivity index (χ4n) is 1.81. The van der Waals surface area contributed by atoms with Crippen LogP contribution >= 0.6 is 0 Å². The first-order chi connectivity index (χ1) is 9.95. The van der Waals surface area contributed by atoms with Crippen molar-refractivity contribution in [3.63, 3.8) is 0 Å². The largest absolute Gasteiger partial charge is 0.399 e. The molecule has 0 radical (unpaired) electrons. The molecule has 2 rings (SSSR count). The van der Waals surface area contributed by atoms with E-state index in [0.29, 0.717) is 17.3 Å². The Kier molecular flexibility index (Phi) is 4.49. The van der Waals surface area contributed by atoms with Gasteiger partial charge in [-0.25, -0.2) is 8.78 Å². The zero-order chi connectivity index (χ0) is 15.4. The van der Waals surface area contributed by atoms with Gasteiger partial charge in [0, 0.05) is 23.9 Å². The van der Waals surface area contributed by atoms with Crippen LogP contribution in [0.5, 0.6) is 0 Å². The van der Waals surface area contributed by atoms with E-state index >= 15 is 0 Å². The Bertz CT molecular complexity index is 624. The number of carbonyl (C=O) groups is 1. The van der Waals surface area contributed by atoms with Crippen LogP contribution < -0.4 is 11.1 Å². The van der Waals surface area contributed by atoms with E-state index in [1.807, 2.05) is 0 Å². The monoisotopic (exact) mass is 292 g/mol. The Balaban J connectivity index is 1.98. The van der Waals surface area contributed by atoms with Crippen molar-refractivity contribution in [2.45, 2.75) is 6.10 Å². The summed E-state index contributed by atoms with van der Waals surface area (Å²) < 4.78 is 26.0. The van der Waals surface area contributed by atoms with Crippen LogP contribution in [0.2, 0.25) is 0 Å². The molecule has 0 heterocycles. The van der Waals surface area contributed by atoms with Crippen LogP contribution in [-0.2, 0) is 0 Å². The smallest absolute Gasteiger partial charge is 0.251 e. The van der Waals surface area contributed by atoms with Crippen molar-refractivity contribution >= 4 is 11.6 Å². The average Bonchev–Trinajstić information content (AvgIpc) is 2.44.